The molecule has 0 radical (unpaired) electrons. The first-order valence-electron chi connectivity index (χ1n) is 7.04. The van der Waals surface area contributed by atoms with E-state index in [4.69, 9.17) is 0 Å². The van der Waals surface area contributed by atoms with E-state index in [0.29, 0.717) is 18.5 Å². The predicted molar refractivity (Wildman–Crippen MR) is 77.9 cm³/mol. The van der Waals surface area contributed by atoms with Gasteiger partial charge in [-0.2, -0.15) is 0 Å². The van der Waals surface area contributed by atoms with Crippen LogP contribution in [-0.2, 0) is 15.0 Å². The number of hydrogen-bond donors (Lipinski definition) is 2. The van der Waals surface area contributed by atoms with E-state index in [1.54, 1.807) is 43.0 Å². The van der Waals surface area contributed by atoms with Crippen LogP contribution in [0.3, 0.4) is 0 Å². The number of carbonyl (C=O) groups excluding carboxylic acids is 1. The van der Waals surface area contributed by atoms with Crippen molar-refractivity contribution in [2.24, 2.45) is 0 Å². The number of carboxylic acid groups (broad SMARTS) is 1. The van der Waals surface area contributed by atoms with Crippen molar-refractivity contribution in [2.45, 2.75) is 37.7 Å². The number of amides is 1. The molecule has 0 saturated carbocycles. The van der Waals surface area contributed by atoms with E-state index in [2.05, 4.69) is 0 Å². The summed E-state index contributed by atoms with van der Waals surface area (Å²) in [7, 11) is 0. The van der Waals surface area contributed by atoms with Crippen molar-refractivity contribution in [3.63, 3.8) is 0 Å². The minimum absolute atomic E-state index is 0.109. The largest absolute Gasteiger partial charge is 0.481 e. The van der Waals surface area contributed by atoms with Crippen LogP contribution in [0.2, 0.25) is 0 Å². The number of carbonyl (C=O) groups is 2. The zero-order valence-electron chi connectivity index (χ0n) is 12.4. The number of rotatable bonds is 4. The maximum atomic E-state index is 12.4. The second kappa shape index (κ2) is 5.48. The normalized spacial score (nSPS) is 24.6. The lowest BCUT2D eigenvalue weighted by molar-refractivity contribution is -0.147. The Morgan fingerprint density at radius 1 is 1.33 bits per heavy atom. The molecule has 21 heavy (non-hydrogen) atoms. The molecule has 1 aliphatic rings. The number of benzene rings is 1. The molecule has 114 valence electrons. The molecular weight excluding hydrogens is 270 g/mol. The minimum Gasteiger partial charge on any atom is -0.481 e. The molecule has 0 aliphatic carbocycles. The average molecular weight is 291 g/mol. The summed E-state index contributed by atoms with van der Waals surface area (Å²) in [6.45, 7) is 3.98. The van der Waals surface area contributed by atoms with Crippen molar-refractivity contribution in [3.05, 3.63) is 35.9 Å². The summed E-state index contributed by atoms with van der Waals surface area (Å²) in [6, 6.07) is 8.79. The van der Waals surface area contributed by atoms with Crippen LogP contribution in [0.5, 0.6) is 0 Å². The molecule has 1 fully saturated rings. The van der Waals surface area contributed by atoms with Gasteiger partial charge in [0.1, 0.15) is 0 Å². The van der Waals surface area contributed by atoms with E-state index in [1.165, 1.54) is 0 Å². The third kappa shape index (κ3) is 3.24. The summed E-state index contributed by atoms with van der Waals surface area (Å²) >= 11 is 0. The molecule has 1 aliphatic heterocycles. The first-order valence-corrected chi connectivity index (χ1v) is 7.04. The minimum atomic E-state index is -1.26. The van der Waals surface area contributed by atoms with Gasteiger partial charge in [0.25, 0.3) is 0 Å². The predicted octanol–water partition coefficient (Wildman–Crippen LogP) is 1.40. The molecule has 1 aromatic carbocycles. The number of β-amino-alcohol motifs (C(OH)–C–C–N with tert-alkyl or cyclic N) is 1. The highest BCUT2D eigenvalue weighted by Gasteiger charge is 2.41. The van der Waals surface area contributed by atoms with Gasteiger partial charge in [-0.1, -0.05) is 30.3 Å². The molecule has 1 amide bonds. The van der Waals surface area contributed by atoms with Gasteiger partial charge in [0.2, 0.25) is 5.91 Å². The Bertz CT molecular complexity index is 540. The molecule has 2 N–H and O–H groups in total. The van der Waals surface area contributed by atoms with Crippen molar-refractivity contribution in [1.82, 2.24) is 4.90 Å². The summed E-state index contributed by atoms with van der Waals surface area (Å²) in [6.07, 6.45) is 0.413. The second-order valence-corrected chi connectivity index (χ2v) is 6.24. The Kier molecular flexibility index (Phi) is 4.05. The molecule has 0 spiro atoms. The van der Waals surface area contributed by atoms with Crippen LogP contribution in [0.15, 0.2) is 30.3 Å². The van der Waals surface area contributed by atoms with Crippen molar-refractivity contribution < 1.29 is 19.8 Å². The standard InChI is InChI=1S/C16H21NO4/c1-15(21)8-9-17(11-15)13(18)10-16(2,14(19)20)12-6-4-3-5-7-12/h3-7,21H,8-11H2,1-2H3,(H,19,20). The summed E-state index contributed by atoms with van der Waals surface area (Å²) in [5, 5.41) is 19.5. The summed E-state index contributed by atoms with van der Waals surface area (Å²) < 4.78 is 0. The van der Waals surface area contributed by atoms with E-state index < -0.39 is 17.0 Å². The quantitative estimate of drug-likeness (QED) is 0.879. The molecule has 0 aromatic heterocycles. The Morgan fingerprint density at radius 2 is 1.95 bits per heavy atom. The van der Waals surface area contributed by atoms with E-state index in [1.807, 2.05) is 6.07 Å². The summed E-state index contributed by atoms with van der Waals surface area (Å²) in [5.41, 5.74) is -1.52. The number of likely N-dealkylation sites (tertiary alicyclic amines) is 1. The van der Waals surface area contributed by atoms with Crippen LogP contribution in [0.4, 0.5) is 0 Å². The molecule has 5 nitrogen and oxygen atoms in total. The van der Waals surface area contributed by atoms with Gasteiger partial charge in [-0.25, -0.2) is 0 Å². The second-order valence-electron chi connectivity index (χ2n) is 6.24. The van der Waals surface area contributed by atoms with Crippen LogP contribution in [-0.4, -0.2) is 45.7 Å². The fourth-order valence-electron chi connectivity index (χ4n) is 2.68. The molecule has 1 saturated heterocycles. The van der Waals surface area contributed by atoms with Crippen LogP contribution in [0.1, 0.15) is 32.3 Å². The average Bonchev–Trinajstić information content (AvgIpc) is 2.80. The molecule has 2 rings (SSSR count). The fourth-order valence-corrected chi connectivity index (χ4v) is 2.68. The van der Waals surface area contributed by atoms with Crippen molar-refractivity contribution in [2.75, 3.05) is 13.1 Å². The monoisotopic (exact) mass is 291 g/mol. The topological polar surface area (TPSA) is 77.8 Å². The van der Waals surface area contributed by atoms with Crippen molar-refractivity contribution in [1.29, 1.82) is 0 Å². The molecule has 1 aromatic rings. The molecule has 1 heterocycles. The number of aliphatic carboxylic acids is 1. The van der Waals surface area contributed by atoms with Gasteiger partial charge in [0.05, 0.1) is 11.0 Å². The van der Waals surface area contributed by atoms with Gasteiger partial charge in [0, 0.05) is 19.5 Å². The van der Waals surface area contributed by atoms with E-state index in [0.717, 1.165) is 0 Å². The highest BCUT2D eigenvalue weighted by Crippen LogP contribution is 2.30. The SMILES string of the molecule is CC1(O)CCN(C(=O)CC(C)(C(=O)O)c2ccccc2)C1. The lowest BCUT2D eigenvalue weighted by Crippen LogP contribution is -2.41. The van der Waals surface area contributed by atoms with Gasteiger partial charge in [-0.3, -0.25) is 9.59 Å². The third-order valence-corrected chi connectivity index (χ3v) is 4.19. The first kappa shape index (κ1) is 15.5. The molecule has 5 heteroatoms. The molecule has 2 atom stereocenters. The van der Waals surface area contributed by atoms with Crippen LogP contribution in [0, 0.1) is 0 Å². The summed E-state index contributed by atoms with van der Waals surface area (Å²) in [5.74, 6) is -1.26. The zero-order valence-corrected chi connectivity index (χ0v) is 12.4. The van der Waals surface area contributed by atoms with Crippen LogP contribution >= 0.6 is 0 Å². The number of carboxylic acids is 1. The lowest BCUT2D eigenvalue weighted by atomic mass is 9.79. The van der Waals surface area contributed by atoms with E-state index in [9.17, 15) is 19.8 Å². The van der Waals surface area contributed by atoms with Crippen LogP contribution < -0.4 is 0 Å². The molecule has 0 bridgehead atoms. The highest BCUT2D eigenvalue weighted by molar-refractivity contribution is 5.89. The Hall–Kier alpha value is -1.88. The lowest BCUT2D eigenvalue weighted by Gasteiger charge is -2.27. The van der Waals surface area contributed by atoms with Gasteiger partial charge in [0.15, 0.2) is 0 Å². The number of hydrogen-bond acceptors (Lipinski definition) is 3. The molecule has 2 unspecified atom stereocenters. The molecular formula is C16H21NO4. The van der Waals surface area contributed by atoms with Gasteiger partial charge in [-0.15, -0.1) is 0 Å². The third-order valence-electron chi connectivity index (χ3n) is 4.19. The highest BCUT2D eigenvalue weighted by atomic mass is 16.4. The van der Waals surface area contributed by atoms with Crippen molar-refractivity contribution in [3.8, 4) is 0 Å². The smallest absolute Gasteiger partial charge is 0.314 e. The van der Waals surface area contributed by atoms with Crippen molar-refractivity contribution >= 4 is 11.9 Å². The van der Waals surface area contributed by atoms with Gasteiger partial charge in [-0.05, 0) is 25.8 Å². The maximum Gasteiger partial charge on any atom is 0.314 e. The number of aliphatic hydroxyl groups is 1. The zero-order chi connectivity index (χ0) is 15.7. The van der Waals surface area contributed by atoms with E-state index in [-0.39, 0.29) is 18.9 Å². The van der Waals surface area contributed by atoms with E-state index >= 15 is 0 Å². The van der Waals surface area contributed by atoms with Gasteiger partial charge < -0.3 is 15.1 Å². The Labute approximate surface area is 124 Å². The first-order chi connectivity index (χ1) is 9.74. The van der Waals surface area contributed by atoms with Gasteiger partial charge >= 0.3 is 5.97 Å². The van der Waals surface area contributed by atoms with Crippen LogP contribution in [0.25, 0.3) is 0 Å². The fraction of sp³-hybridized carbons (Fsp3) is 0.500. The maximum absolute atomic E-state index is 12.4. The Balaban J connectivity index is 2.18. The Morgan fingerprint density at radius 3 is 2.43 bits per heavy atom. The number of nitrogens with zero attached hydrogens (tertiary/aromatic N) is 1. The summed E-state index contributed by atoms with van der Waals surface area (Å²) in [4.78, 5) is 25.6.